The van der Waals surface area contributed by atoms with E-state index in [4.69, 9.17) is 4.74 Å². The number of hydrogen-bond donors (Lipinski definition) is 2. The molecule has 0 saturated heterocycles. The first-order valence-electron chi connectivity index (χ1n) is 8.61. The maximum absolute atomic E-state index is 12.5. The maximum atomic E-state index is 12.5. The number of rotatable bonds is 6. The molecule has 0 aromatic heterocycles. The lowest BCUT2D eigenvalue weighted by atomic mass is 9.93. The van der Waals surface area contributed by atoms with Gasteiger partial charge >= 0.3 is 17.8 Å². The van der Waals surface area contributed by atoms with Gasteiger partial charge in [0.2, 0.25) is 9.84 Å². The molecule has 2 rings (SSSR count). The second-order valence-corrected chi connectivity index (χ2v) is 8.13. The highest BCUT2D eigenvalue weighted by Gasteiger charge is 2.28. The first-order valence-corrected chi connectivity index (χ1v) is 10.2. The molecule has 0 heterocycles. The molecule has 1 aromatic rings. The van der Waals surface area contributed by atoms with Crippen LogP contribution in [0.15, 0.2) is 29.2 Å². The second kappa shape index (κ2) is 9.12. The molecule has 1 aliphatic carbocycles. The summed E-state index contributed by atoms with van der Waals surface area (Å²) in [6.45, 7) is 2.36. The molecule has 0 unspecified atom stereocenters. The molecule has 7 nitrogen and oxygen atoms in total. The average Bonchev–Trinajstić information content (AvgIpc) is 2.63. The number of halogens is 2. The van der Waals surface area contributed by atoms with E-state index < -0.39 is 26.5 Å². The predicted octanol–water partition coefficient (Wildman–Crippen LogP) is 2.47. The highest BCUT2D eigenvalue weighted by molar-refractivity contribution is 7.91. The second-order valence-electron chi connectivity index (χ2n) is 6.21. The zero-order valence-electron chi connectivity index (χ0n) is 14.8. The van der Waals surface area contributed by atoms with Crippen molar-refractivity contribution in [3.05, 3.63) is 29.8 Å². The number of sulfone groups is 1. The van der Waals surface area contributed by atoms with Gasteiger partial charge in [-0.3, -0.25) is 0 Å². The third-order valence-corrected chi connectivity index (χ3v) is 5.67. The third kappa shape index (κ3) is 5.62. The standard InChI is InChI=1S/C17H22F2N2O5S/c1-2-20-17(23)21-12-5-7-13(8-6-12)26-15(22)11-3-9-14(10-4-11)27(24,25)16(18)19/h3-4,9-10,12-13,16H,2,5-8H2,1H3,(H2,20,21,23). The van der Waals surface area contributed by atoms with Gasteiger partial charge in [-0.25, -0.2) is 18.0 Å². The van der Waals surface area contributed by atoms with Crippen molar-refractivity contribution >= 4 is 21.8 Å². The molecular weight excluding hydrogens is 382 g/mol. The van der Waals surface area contributed by atoms with Crippen molar-refractivity contribution in [3.63, 3.8) is 0 Å². The van der Waals surface area contributed by atoms with Gasteiger partial charge in [-0.05, 0) is 56.9 Å². The Kier molecular flexibility index (Phi) is 7.11. The number of urea groups is 1. The summed E-state index contributed by atoms with van der Waals surface area (Å²) in [6.07, 6.45) is 2.19. The quantitative estimate of drug-likeness (QED) is 0.710. The normalized spacial score (nSPS) is 20.1. The van der Waals surface area contributed by atoms with Crippen LogP contribution in [0.1, 0.15) is 43.0 Å². The van der Waals surface area contributed by atoms with Crippen molar-refractivity contribution in [2.45, 2.75) is 55.4 Å². The van der Waals surface area contributed by atoms with E-state index in [-0.39, 0.29) is 23.7 Å². The van der Waals surface area contributed by atoms with E-state index in [0.717, 1.165) is 24.3 Å². The highest BCUT2D eigenvalue weighted by Crippen LogP contribution is 2.23. The van der Waals surface area contributed by atoms with Crippen molar-refractivity contribution < 1.29 is 31.5 Å². The molecule has 0 atom stereocenters. The smallest absolute Gasteiger partial charge is 0.341 e. The minimum Gasteiger partial charge on any atom is -0.459 e. The van der Waals surface area contributed by atoms with Crippen LogP contribution in [0.2, 0.25) is 0 Å². The maximum Gasteiger partial charge on any atom is 0.341 e. The monoisotopic (exact) mass is 404 g/mol. The summed E-state index contributed by atoms with van der Waals surface area (Å²) in [5, 5.41) is 5.50. The molecule has 27 heavy (non-hydrogen) atoms. The highest BCUT2D eigenvalue weighted by atomic mass is 32.2. The van der Waals surface area contributed by atoms with Gasteiger partial charge in [0.15, 0.2) is 0 Å². The first kappa shape index (κ1) is 21.1. The minimum atomic E-state index is -4.69. The number of nitrogens with one attached hydrogen (secondary N) is 2. The molecule has 0 spiro atoms. The van der Waals surface area contributed by atoms with Crippen LogP contribution < -0.4 is 10.6 Å². The number of esters is 1. The van der Waals surface area contributed by atoms with Crippen LogP contribution in [-0.4, -0.2) is 44.9 Å². The summed E-state index contributed by atoms with van der Waals surface area (Å²) in [7, 11) is -4.69. The predicted molar refractivity (Wildman–Crippen MR) is 93.3 cm³/mol. The third-order valence-electron chi connectivity index (χ3n) is 4.27. The van der Waals surface area contributed by atoms with Crippen molar-refractivity contribution in [2.24, 2.45) is 0 Å². The van der Waals surface area contributed by atoms with Crippen LogP contribution in [0, 0.1) is 0 Å². The molecule has 1 aliphatic rings. The Hall–Kier alpha value is -2.23. The summed E-state index contributed by atoms with van der Waals surface area (Å²) >= 11 is 0. The van der Waals surface area contributed by atoms with E-state index in [0.29, 0.717) is 32.2 Å². The van der Waals surface area contributed by atoms with Gasteiger partial charge in [0.1, 0.15) is 6.10 Å². The summed E-state index contributed by atoms with van der Waals surface area (Å²) < 4.78 is 53.2. The molecule has 0 bridgehead atoms. The van der Waals surface area contributed by atoms with Crippen molar-refractivity contribution in [2.75, 3.05) is 6.54 Å². The Balaban J connectivity index is 1.87. The number of benzene rings is 1. The number of carbonyl (C=O) groups excluding carboxylic acids is 2. The Morgan fingerprint density at radius 1 is 1.15 bits per heavy atom. The Bertz CT molecular complexity index is 760. The van der Waals surface area contributed by atoms with Gasteiger partial charge in [-0.1, -0.05) is 0 Å². The van der Waals surface area contributed by atoms with Crippen molar-refractivity contribution in [1.82, 2.24) is 10.6 Å². The lowest BCUT2D eigenvalue weighted by Crippen LogP contribution is -2.44. The summed E-state index contributed by atoms with van der Waals surface area (Å²) in [5.74, 6) is -4.16. The van der Waals surface area contributed by atoms with Crippen LogP contribution in [0.5, 0.6) is 0 Å². The topological polar surface area (TPSA) is 102 Å². The van der Waals surface area contributed by atoms with Gasteiger partial charge < -0.3 is 15.4 Å². The van der Waals surface area contributed by atoms with Gasteiger partial charge in [0.25, 0.3) is 0 Å². The van der Waals surface area contributed by atoms with Gasteiger partial charge in [0, 0.05) is 12.6 Å². The Morgan fingerprint density at radius 2 is 1.74 bits per heavy atom. The lowest BCUT2D eigenvalue weighted by Gasteiger charge is -2.28. The summed E-state index contributed by atoms with van der Waals surface area (Å²) in [4.78, 5) is 23.1. The molecular formula is C17H22F2N2O5S. The molecule has 1 fully saturated rings. The number of carbonyl (C=O) groups is 2. The van der Waals surface area contributed by atoms with E-state index in [2.05, 4.69) is 10.6 Å². The largest absolute Gasteiger partial charge is 0.459 e. The zero-order valence-corrected chi connectivity index (χ0v) is 15.6. The van der Waals surface area contributed by atoms with Crippen molar-refractivity contribution in [1.29, 1.82) is 0 Å². The van der Waals surface area contributed by atoms with E-state index in [1.807, 2.05) is 6.92 Å². The average molecular weight is 404 g/mol. The molecule has 150 valence electrons. The Labute approximate surface area is 156 Å². The Morgan fingerprint density at radius 3 is 2.26 bits per heavy atom. The van der Waals surface area contributed by atoms with Gasteiger partial charge in [0.05, 0.1) is 10.5 Å². The van der Waals surface area contributed by atoms with Crippen LogP contribution >= 0.6 is 0 Å². The molecule has 10 heteroatoms. The number of amides is 2. The SMILES string of the molecule is CCNC(=O)NC1CCC(OC(=O)c2ccc(S(=O)(=O)C(F)F)cc2)CC1. The molecule has 1 saturated carbocycles. The van der Waals surface area contributed by atoms with Crippen molar-refractivity contribution in [3.8, 4) is 0 Å². The lowest BCUT2D eigenvalue weighted by molar-refractivity contribution is 0.0188. The van der Waals surface area contributed by atoms with Crippen LogP contribution in [0.4, 0.5) is 13.6 Å². The van der Waals surface area contributed by atoms with Crippen LogP contribution in [-0.2, 0) is 14.6 Å². The minimum absolute atomic E-state index is 0.0188. The fraction of sp³-hybridized carbons (Fsp3) is 0.529. The molecule has 2 N–H and O–H groups in total. The first-order chi connectivity index (χ1) is 12.7. The van der Waals surface area contributed by atoms with Gasteiger partial charge in [-0.2, -0.15) is 8.78 Å². The molecule has 1 aromatic carbocycles. The van der Waals surface area contributed by atoms with Gasteiger partial charge in [-0.15, -0.1) is 0 Å². The van der Waals surface area contributed by atoms with E-state index in [1.165, 1.54) is 0 Å². The number of alkyl halides is 2. The van der Waals surface area contributed by atoms with E-state index in [9.17, 15) is 26.8 Å². The molecule has 0 aliphatic heterocycles. The molecule has 2 amide bonds. The number of hydrogen-bond acceptors (Lipinski definition) is 5. The van der Waals surface area contributed by atoms with Crippen LogP contribution in [0.3, 0.4) is 0 Å². The fourth-order valence-corrected chi connectivity index (χ4v) is 3.55. The number of ether oxygens (including phenoxy) is 1. The fourth-order valence-electron chi connectivity index (χ4n) is 2.82. The van der Waals surface area contributed by atoms with E-state index in [1.54, 1.807) is 0 Å². The van der Waals surface area contributed by atoms with Crippen LogP contribution in [0.25, 0.3) is 0 Å². The summed E-state index contributed by atoms with van der Waals surface area (Å²) in [5.41, 5.74) is 0.0887. The zero-order chi connectivity index (χ0) is 20.0. The molecule has 0 radical (unpaired) electrons. The summed E-state index contributed by atoms with van der Waals surface area (Å²) in [6, 6.07) is 4.03. The van der Waals surface area contributed by atoms with E-state index >= 15 is 0 Å².